The van der Waals surface area contributed by atoms with Crippen LogP contribution in [0.5, 0.6) is 0 Å². The number of aliphatic hydroxyl groups excluding tert-OH is 2. The Morgan fingerprint density at radius 3 is 2.80 bits per heavy atom. The van der Waals surface area contributed by atoms with Crippen molar-refractivity contribution >= 4 is 0 Å². The molecule has 0 saturated heterocycles. The van der Waals surface area contributed by atoms with Crippen LogP contribution in [0, 0.1) is 11.8 Å². The van der Waals surface area contributed by atoms with E-state index in [0.29, 0.717) is 26.1 Å². The highest BCUT2D eigenvalue weighted by molar-refractivity contribution is 5.41. The van der Waals surface area contributed by atoms with Crippen molar-refractivity contribution in [1.29, 1.82) is 0 Å². The molecule has 1 rings (SSSR count). The van der Waals surface area contributed by atoms with Crippen LogP contribution in [0.15, 0.2) is 24.3 Å². The van der Waals surface area contributed by atoms with Crippen LogP contribution >= 0.6 is 0 Å². The van der Waals surface area contributed by atoms with E-state index in [1.807, 2.05) is 36.2 Å². The van der Waals surface area contributed by atoms with Gasteiger partial charge in [-0.3, -0.25) is 4.90 Å². The van der Waals surface area contributed by atoms with Gasteiger partial charge in [-0.15, -0.1) is 0 Å². The number of hydrogen-bond acceptors (Lipinski definition) is 4. The molecule has 110 valence electrons. The van der Waals surface area contributed by atoms with E-state index >= 15 is 0 Å². The zero-order valence-electron chi connectivity index (χ0n) is 12.2. The van der Waals surface area contributed by atoms with Gasteiger partial charge in [0.25, 0.3) is 0 Å². The second-order valence-electron chi connectivity index (χ2n) is 4.74. The minimum atomic E-state index is -0.488. The predicted molar refractivity (Wildman–Crippen MR) is 79.2 cm³/mol. The van der Waals surface area contributed by atoms with Crippen molar-refractivity contribution in [2.75, 3.05) is 33.9 Å². The van der Waals surface area contributed by atoms with Gasteiger partial charge in [0.2, 0.25) is 0 Å². The number of rotatable bonds is 7. The lowest BCUT2D eigenvalue weighted by atomic mass is 10.1. The van der Waals surface area contributed by atoms with Crippen molar-refractivity contribution in [1.82, 2.24) is 4.90 Å². The van der Waals surface area contributed by atoms with Crippen molar-refractivity contribution in [2.45, 2.75) is 19.1 Å². The highest BCUT2D eigenvalue weighted by Crippen LogP contribution is 2.10. The Balaban J connectivity index is 2.65. The average molecular weight is 277 g/mol. The Bertz CT molecular complexity index is 451. The molecule has 1 aromatic rings. The SMILES string of the molecule is COCC(O)CN(C)Cc1ccccc1C#CCCO. The topological polar surface area (TPSA) is 52.9 Å². The van der Waals surface area contributed by atoms with Crippen molar-refractivity contribution in [3.8, 4) is 11.8 Å². The fraction of sp³-hybridized carbons (Fsp3) is 0.500. The lowest BCUT2D eigenvalue weighted by Gasteiger charge is -2.20. The maximum Gasteiger partial charge on any atom is 0.0900 e. The van der Waals surface area contributed by atoms with Gasteiger partial charge in [-0.25, -0.2) is 0 Å². The summed E-state index contributed by atoms with van der Waals surface area (Å²) in [5.41, 5.74) is 2.08. The number of methoxy groups -OCH3 is 1. The molecule has 1 atom stereocenters. The standard InChI is InChI=1S/C16H23NO3/c1-17(12-16(19)13-20-2)11-15-9-4-3-7-14(15)8-5-6-10-18/h3-4,7,9,16,18-19H,6,10-13H2,1-2H3. The van der Waals surface area contributed by atoms with Gasteiger partial charge in [0.1, 0.15) is 0 Å². The predicted octanol–water partition coefficient (Wildman–Crippen LogP) is 0.860. The van der Waals surface area contributed by atoms with Crippen molar-refractivity contribution < 1.29 is 14.9 Å². The maximum atomic E-state index is 9.72. The summed E-state index contributed by atoms with van der Waals surface area (Å²) in [6.07, 6.45) is -0.00544. The van der Waals surface area contributed by atoms with E-state index in [2.05, 4.69) is 11.8 Å². The minimum absolute atomic E-state index is 0.0816. The van der Waals surface area contributed by atoms with E-state index < -0.39 is 6.10 Å². The molecule has 0 aromatic heterocycles. The molecule has 20 heavy (non-hydrogen) atoms. The number of likely N-dealkylation sites (N-methyl/N-ethyl adjacent to an activating group) is 1. The summed E-state index contributed by atoms with van der Waals surface area (Å²) in [5.74, 6) is 6.01. The molecule has 0 saturated carbocycles. The summed E-state index contributed by atoms with van der Waals surface area (Å²) in [4.78, 5) is 2.04. The monoisotopic (exact) mass is 277 g/mol. The minimum Gasteiger partial charge on any atom is -0.395 e. The Hall–Kier alpha value is -1.38. The number of benzene rings is 1. The summed E-state index contributed by atoms with van der Waals surface area (Å²) in [6, 6.07) is 7.93. The van der Waals surface area contributed by atoms with Gasteiger partial charge in [-0.05, 0) is 18.7 Å². The van der Waals surface area contributed by atoms with E-state index in [1.54, 1.807) is 7.11 Å². The van der Waals surface area contributed by atoms with Gasteiger partial charge in [-0.2, -0.15) is 0 Å². The molecule has 0 radical (unpaired) electrons. The molecular formula is C16H23NO3. The first kappa shape index (κ1) is 16.7. The highest BCUT2D eigenvalue weighted by atomic mass is 16.5. The third-order valence-corrected chi connectivity index (χ3v) is 2.80. The molecule has 0 aliphatic rings. The molecule has 0 fully saturated rings. The summed E-state index contributed by atoms with van der Waals surface area (Å²) >= 11 is 0. The van der Waals surface area contributed by atoms with Crippen LogP contribution in [0.4, 0.5) is 0 Å². The lowest BCUT2D eigenvalue weighted by molar-refractivity contribution is 0.0418. The smallest absolute Gasteiger partial charge is 0.0900 e. The third kappa shape index (κ3) is 6.18. The van der Waals surface area contributed by atoms with Crippen LogP contribution < -0.4 is 0 Å². The Morgan fingerprint density at radius 1 is 1.35 bits per heavy atom. The fourth-order valence-electron chi connectivity index (χ4n) is 1.95. The normalized spacial score (nSPS) is 12.1. The number of hydrogen-bond donors (Lipinski definition) is 2. The van der Waals surface area contributed by atoms with Gasteiger partial charge in [0.15, 0.2) is 0 Å². The van der Waals surface area contributed by atoms with E-state index in [9.17, 15) is 5.11 Å². The molecule has 4 heteroatoms. The van der Waals surface area contributed by atoms with Crippen LogP contribution in [-0.4, -0.2) is 55.1 Å². The van der Waals surface area contributed by atoms with Crippen molar-refractivity contribution in [3.05, 3.63) is 35.4 Å². The van der Waals surface area contributed by atoms with Gasteiger partial charge in [0, 0.05) is 32.2 Å². The van der Waals surface area contributed by atoms with Crippen LogP contribution in [-0.2, 0) is 11.3 Å². The Labute approximate surface area is 121 Å². The van der Waals surface area contributed by atoms with Crippen molar-refractivity contribution in [2.24, 2.45) is 0 Å². The van der Waals surface area contributed by atoms with E-state index in [1.165, 1.54) is 0 Å². The van der Waals surface area contributed by atoms with Crippen LogP contribution in [0.2, 0.25) is 0 Å². The second-order valence-corrected chi connectivity index (χ2v) is 4.74. The number of nitrogens with zero attached hydrogens (tertiary/aromatic N) is 1. The summed E-state index contributed by atoms with van der Waals surface area (Å²) in [7, 11) is 3.53. The molecule has 0 bridgehead atoms. The molecule has 0 spiro atoms. The van der Waals surface area contributed by atoms with Gasteiger partial charge >= 0.3 is 0 Å². The fourth-order valence-corrected chi connectivity index (χ4v) is 1.95. The third-order valence-electron chi connectivity index (χ3n) is 2.80. The number of aliphatic hydroxyl groups is 2. The quantitative estimate of drug-likeness (QED) is 0.726. The first-order valence-corrected chi connectivity index (χ1v) is 6.70. The zero-order chi connectivity index (χ0) is 14.8. The van der Waals surface area contributed by atoms with Crippen molar-refractivity contribution in [3.63, 3.8) is 0 Å². The Kier molecular flexibility index (Phi) is 7.93. The van der Waals surface area contributed by atoms with Gasteiger partial charge in [-0.1, -0.05) is 30.0 Å². The van der Waals surface area contributed by atoms with Gasteiger partial charge < -0.3 is 14.9 Å². The molecule has 0 heterocycles. The molecule has 0 aliphatic carbocycles. The molecule has 2 N–H and O–H groups in total. The van der Waals surface area contributed by atoms with E-state index in [0.717, 1.165) is 11.1 Å². The second kappa shape index (κ2) is 9.51. The first-order valence-electron chi connectivity index (χ1n) is 6.70. The van der Waals surface area contributed by atoms with Crippen LogP contribution in [0.25, 0.3) is 0 Å². The molecular weight excluding hydrogens is 254 g/mol. The number of ether oxygens (including phenoxy) is 1. The summed E-state index contributed by atoms with van der Waals surface area (Å²) in [5, 5.41) is 18.5. The summed E-state index contributed by atoms with van der Waals surface area (Å²) < 4.78 is 4.92. The summed E-state index contributed by atoms with van der Waals surface area (Å²) in [6.45, 7) is 1.68. The van der Waals surface area contributed by atoms with E-state index in [-0.39, 0.29) is 6.61 Å². The highest BCUT2D eigenvalue weighted by Gasteiger charge is 2.09. The lowest BCUT2D eigenvalue weighted by Crippen LogP contribution is -2.31. The average Bonchev–Trinajstić information content (AvgIpc) is 2.41. The van der Waals surface area contributed by atoms with Crippen LogP contribution in [0.1, 0.15) is 17.5 Å². The molecule has 1 aromatic carbocycles. The maximum absolute atomic E-state index is 9.72. The van der Waals surface area contributed by atoms with E-state index in [4.69, 9.17) is 9.84 Å². The Morgan fingerprint density at radius 2 is 2.10 bits per heavy atom. The first-order chi connectivity index (χ1) is 9.67. The van der Waals surface area contributed by atoms with Gasteiger partial charge in [0.05, 0.1) is 19.3 Å². The molecule has 1 unspecified atom stereocenters. The largest absolute Gasteiger partial charge is 0.395 e. The molecule has 0 amide bonds. The molecule has 4 nitrogen and oxygen atoms in total. The zero-order valence-corrected chi connectivity index (χ0v) is 12.2. The van der Waals surface area contributed by atoms with Crippen LogP contribution in [0.3, 0.4) is 0 Å². The molecule has 0 aliphatic heterocycles.